The molecule has 2 fully saturated rings. The molecule has 2 aliphatic heterocycles. The van der Waals surface area contributed by atoms with Gasteiger partial charge in [0, 0.05) is 12.0 Å². The van der Waals surface area contributed by atoms with Crippen molar-refractivity contribution in [2.24, 2.45) is 10.6 Å². The van der Waals surface area contributed by atoms with Crippen LogP contribution in [0, 0.1) is 16.7 Å². The number of hydrogen-bond acceptors (Lipinski definition) is 4. The van der Waals surface area contributed by atoms with E-state index in [1.807, 2.05) is 0 Å². The van der Waals surface area contributed by atoms with Gasteiger partial charge in [-0.15, -0.1) is 12.4 Å². The molecule has 0 aromatic carbocycles. The van der Waals surface area contributed by atoms with Crippen LogP contribution in [0.25, 0.3) is 0 Å². The largest absolute Gasteiger partial charge is 0.398 e. The van der Waals surface area contributed by atoms with Gasteiger partial charge in [0.25, 0.3) is 0 Å². The van der Waals surface area contributed by atoms with Crippen molar-refractivity contribution in [3.05, 3.63) is 0 Å². The highest BCUT2D eigenvalue weighted by atomic mass is 35.5. The van der Waals surface area contributed by atoms with Crippen molar-refractivity contribution >= 4 is 18.1 Å². The fourth-order valence-electron chi connectivity index (χ4n) is 2.36. The highest BCUT2D eigenvalue weighted by molar-refractivity contribution is 6.03. The summed E-state index contributed by atoms with van der Waals surface area (Å²) in [4.78, 5) is 7.08. The second kappa shape index (κ2) is 4.16. The van der Waals surface area contributed by atoms with E-state index in [9.17, 15) is 0 Å². The molecule has 2 heterocycles. The van der Waals surface area contributed by atoms with Gasteiger partial charge in [-0.3, -0.25) is 0 Å². The highest BCUT2D eigenvalue weighted by Gasteiger charge is 2.48. The number of fused-ring (bicyclic) bond motifs is 2. The third kappa shape index (κ3) is 1.58. The lowest BCUT2D eigenvalue weighted by Crippen LogP contribution is -2.29. The Labute approximate surface area is 89.9 Å². The van der Waals surface area contributed by atoms with Gasteiger partial charge >= 0.3 is 0 Å². The smallest absolute Gasteiger partial charge is 0.164 e. The zero-order valence-electron chi connectivity index (χ0n) is 8.19. The Morgan fingerprint density at radius 1 is 1.50 bits per heavy atom. The number of piperidine rings is 1. The molecule has 2 aliphatic rings. The summed E-state index contributed by atoms with van der Waals surface area (Å²) >= 11 is 0. The number of hydrogen-bond donors (Lipinski definition) is 0. The number of oxime groups is 1. The summed E-state index contributed by atoms with van der Waals surface area (Å²) in [5, 5.41) is 12.8. The van der Waals surface area contributed by atoms with Gasteiger partial charge in [-0.25, -0.2) is 0 Å². The second-order valence-electron chi connectivity index (χ2n) is 3.79. The van der Waals surface area contributed by atoms with E-state index in [1.54, 1.807) is 0 Å². The van der Waals surface area contributed by atoms with E-state index in [2.05, 4.69) is 16.1 Å². The third-order valence-electron chi connectivity index (χ3n) is 3.13. The van der Waals surface area contributed by atoms with E-state index in [4.69, 9.17) is 10.1 Å². The van der Waals surface area contributed by atoms with Gasteiger partial charge < -0.3 is 9.74 Å². The SMILES string of the molecule is CO/N=C(/C#N)C12CCN(CC1)C2.Cl. The van der Waals surface area contributed by atoms with Crippen molar-refractivity contribution in [2.75, 3.05) is 26.7 Å². The Morgan fingerprint density at radius 2 is 2.14 bits per heavy atom. The Balaban J connectivity index is 0.000000980. The van der Waals surface area contributed by atoms with Crippen molar-refractivity contribution in [3.63, 3.8) is 0 Å². The van der Waals surface area contributed by atoms with Gasteiger partial charge in [-0.2, -0.15) is 5.26 Å². The fraction of sp³-hybridized carbons (Fsp3) is 0.778. The minimum absolute atomic E-state index is 0. The van der Waals surface area contributed by atoms with Crippen molar-refractivity contribution < 1.29 is 4.84 Å². The molecule has 0 aromatic rings. The fourth-order valence-corrected chi connectivity index (χ4v) is 2.36. The highest BCUT2D eigenvalue weighted by Crippen LogP contribution is 2.41. The first-order chi connectivity index (χ1) is 6.30. The molecule has 2 saturated heterocycles. The lowest BCUT2D eigenvalue weighted by atomic mass is 9.80. The van der Waals surface area contributed by atoms with Crippen molar-refractivity contribution in [2.45, 2.75) is 12.8 Å². The van der Waals surface area contributed by atoms with E-state index in [0.29, 0.717) is 5.71 Å². The number of rotatable bonds is 2. The van der Waals surface area contributed by atoms with Crippen LogP contribution in [0.3, 0.4) is 0 Å². The van der Waals surface area contributed by atoms with E-state index in [-0.39, 0.29) is 17.8 Å². The summed E-state index contributed by atoms with van der Waals surface area (Å²) in [6.07, 6.45) is 2.12. The second-order valence-corrected chi connectivity index (χ2v) is 3.79. The predicted molar refractivity (Wildman–Crippen MR) is 55.4 cm³/mol. The van der Waals surface area contributed by atoms with E-state index < -0.39 is 0 Å². The Morgan fingerprint density at radius 3 is 2.50 bits per heavy atom. The summed E-state index contributed by atoms with van der Waals surface area (Å²) in [6.45, 7) is 3.19. The molecule has 0 aromatic heterocycles. The third-order valence-corrected chi connectivity index (χ3v) is 3.13. The average Bonchev–Trinajstić information content (AvgIpc) is 2.74. The molecule has 2 rings (SSSR count). The molecule has 4 nitrogen and oxygen atoms in total. The molecule has 0 N–H and O–H groups in total. The molecule has 2 bridgehead atoms. The molecular formula is C9H14ClN3O. The Kier molecular flexibility index (Phi) is 3.35. The van der Waals surface area contributed by atoms with Crippen LogP contribution in [0.5, 0.6) is 0 Å². The summed E-state index contributed by atoms with van der Waals surface area (Å²) in [5.41, 5.74) is 0.597. The van der Waals surface area contributed by atoms with Crippen LogP contribution in [0.4, 0.5) is 0 Å². The summed E-state index contributed by atoms with van der Waals surface area (Å²) in [7, 11) is 1.50. The Hall–Kier alpha value is -0.790. The summed E-state index contributed by atoms with van der Waals surface area (Å²) < 4.78 is 0. The van der Waals surface area contributed by atoms with Gasteiger partial charge in [-0.05, 0) is 25.9 Å². The Bertz CT molecular complexity index is 276. The maximum Gasteiger partial charge on any atom is 0.164 e. The number of nitrogens with zero attached hydrogens (tertiary/aromatic N) is 3. The molecule has 0 unspecified atom stereocenters. The van der Waals surface area contributed by atoms with Crippen LogP contribution < -0.4 is 0 Å². The lowest BCUT2D eigenvalue weighted by Gasteiger charge is -2.21. The van der Waals surface area contributed by atoms with Crippen molar-refractivity contribution in [1.82, 2.24) is 4.90 Å². The van der Waals surface area contributed by atoms with Gasteiger partial charge in [-0.1, -0.05) is 5.16 Å². The average molecular weight is 216 g/mol. The van der Waals surface area contributed by atoms with E-state index in [0.717, 1.165) is 32.5 Å². The van der Waals surface area contributed by atoms with Crippen molar-refractivity contribution in [1.29, 1.82) is 5.26 Å². The van der Waals surface area contributed by atoms with Crippen LogP contribution in [0.15, 0.2) is 5.16 Å². The lowest BCUT2D eigenvalue weighted by molar-refractivity contribution is 0.208. The molecule has 0 atom stereocenters. The van der Waals surface area contributed by atoms with Crippen LogP contribution >= 0.6 is 12.4 Å². The van der Waals surface area contributed by atoms with Crippen LogP contribution in [-0.4, -0.2) is 37.4 Å². The predicted octanol–water partition coefficient (Wildman–Crippen LogP) is 1.03. The first-order valence-electron chi connectivity index (χ1n) is 4.55. The normalized spacial score (nSPS) is 34.9. The van der Waals surface area contributed by atoms with Gasteiger partial charge in [0.1, 0.15) is 13.2 Å². The zero-order valence-corrected chi connectivity index (χ0v) is 9.01. The number of nitriles is 1. The monoisotopic (exact) mass is 215 g/mol. The van der Waals surface area contributed by atoms with Crippen LogP contribution in [0.1, 0.15) is 12.8 Å². The zero-order chi connectivity index (χ0) is 9.31. The molecule has 0 spiro atoms. The van der Waals surface area contributed by atoms with Gasteiger partial charge in [0.2, 0.25) is 0 Å². The molecule has 0 aliphatic carbocycles. The molecule has 0 amide bonds. The minimum atomic E-state index is 0. The van der Waals surface area contributed by atoms with E-state index in [1.165, 1.54) is 7.11 Å². The van der Waals surface area contributed by atoms with E-state index >= 15 is 0 Å². The summed E-state index contributed by atoms with van der Waals surface area (Å²) in [6, 6.07) is 2.16. The maximum absolute atomic E-state index is 8.95. The standard InChI is InChI=1S/C9H13N3O.ClH/c1-13-11-8(6-10)9-2-4-12(7-9)5-3-9;/h2-5,7H2,1H3;1H/b11-8-;. The molecular weight excluding hydrogens is 202 g/mol. The quantitative estimate of drug-likeness (QED) is 0.511. The van der Waals surface area contributed by atoms with Gasteiger partial charge in [0.15, 0.2) is 5.71 Å². The minimum Gasteiger partial charge on any atom is -0.398 e. The first-order valence-corrected chi connectivity index (χ1v) is 4.55. The molecule has 0 radical (unpaired) electrons. The number of halogens is 1. The van der Waals surface area contributed by atoms with Crippen LogP contribution in [0.2, 0.25) is 0 Å². The molecule has 0 saturated carbocycles. The van der Waals surface area contributed by atoms with Gasteiger partial charge in [0.05, 0.1) is 0 Å². The molecule has 5 heteroatoms. The van der Waals surface area contributed by atoms with Crippen molar-refractivity contribution in [3.8, 4) is 6.07 Å². The maximum atomic E-state index is 8.95. The van der Waals surface area contributed by atoms with Crippen LogP contribution in [-0.2, 0) is 4.84 Å². The topological polar surface area (TPSA) is 48.6 Å². The molecule has 14 heavy (non-hydrogen) atoms. The first kappa shape index (κ1) is 11.3. The summed E-state index contributed by atoms with van der Waals surface area (Å²) in [5.74, 6) is 0. The molecule has 78 valence electrons.